The third-order valence-electron chi connectivity index (χ3n) is 3.98. The van der Waals surface area contributed by atoms with Gasteiger partial charge in [-0.05, 0) is 25.3 Å². The number of ether oxygens (including phenoxy) is 1. The van der Waals surface area contributed by atoms with E-state index in [-0.39, 0.29) is 17.6 Å². The highest BCUT2D eigenvalue weighted by atomic mass is 32.1. The highest BCUT2D eigenvalue weighted by Gasteiger charge is 2.35. The highest BCUT2D eigenvalue weighted by Crippen LogP contribution is 2.44. The molecule has 0 saturated carbocycles. The molecule has 1 fully saturated rings. The molecule has 0 aromatic carbocycles. The fourth-order valence-corrected chi connectivity index (χ4v) is 4.09. The van der Waals surface area contributed by atoms with Crippen molar-refractivity contribution < 1.29 is 9.84 Å². The summed E-state index contributed by atoms with van der Waals surface area (Å²) in [6.45, 7) is 7.04. The van der Waals surface area contributed by atoms with E-state index in [1.165, 1.54) is 0 Å². The summed E-state index contributed by atoms with van der Waals surface area (Å²) in [4.78, 5) is 8.10. The number of aliphatic hydroxyl groups is 1. The van der Waals surface area contributed by atoms with Crippen LogP contribution in [0.4, 0.5) is 0 Å². The Labute approximate surface area is 118 Å². The Morgan fingerprint density at radius 2 is 2.26 bits per heavy atom. The van der Waals surface area contributed by atoms with Crippen molar-refractivity contribution in [3.05, 3.63) is 15.6 Å². The lowest BCUT2D eigenvalue weighted by Gasteiger charge is -2.31. The van der Waals surface area contributed by atoms with Crippen molar-refractivity contribution >= 4 is 11.3 Å². The predicted octanol–water partition coefficient (Wildman–Crippen LogP) is 2.15. The minimum Gasteiger partial charge on any atom is -0.387 e. The maximum Gasteiger partial charge on any atom is 0.123 e. The molecule has 1 saturated heterocycles. The second-order valence-electron chi connectivity index (χ2n) is 6.55. The summed E-state index contributed by atoms with van der Waals surface area (Å²) in [6.07, 6.45) is 1.50. The summed E-state index contributed by atoms with van der Waals surface area (Å²) in [5, 5.41) is 11.3. The van der Waals surface area contributed by atoms with Crippen LogP contribution in [0.1, 0.15) is 48.1 Å². The largest absolute Gasteiger partial charge is 0.387 e. The molecule has 1 aliphatic heterocycles. The van der Waals surface area contributed by atoms with Crippen molar-refractivity contribution in [1.82, 2.24) is 9.88 Å². The lowest BCUT2D eigenvalue weighted by atomic mass is 9.77. The van der Waals surface area contributed by atoms with Crippen LogP contribution in [-0.4, -0.2) is 41.7 Å². The van der Waals surface area contributed by atoms with Crippen molar-refractivity contribution in [3.8, 4) is 0 Å². The Morgan fingerprint density at radius 1 is 1.47 bits per heavy atom. The number of hydrogen-bond acceptors (Lipinski definition) is 5. The molecule has 3 rings (SSSR count). The zero-order valence-electron chi connectivity index (χ0n) is 11.8. The van der Waals surface area contributed by atoms with E-state index in [2.05, 4.69) is 25.8 Å². The average Bonchev–Trinajstić information content (AvgIpc) is 2.71. The van der Waals surface area contributed by atoms with E-state index in [4.69, 9.17) is 9.72 Å². The molecule has 19 heavy (non-hydrogen) atoms. The van der Waals surface area contributed by atoms with Gasteiger partial charge >= 0.3 is 0 Å². The van der Waals surface area contributed by atoms with Crippen molar-refractivity contribution in [2.45, 2.75) is 38.9 Å². The maximum absolute atomic E-state index is 10.3. The summed E-state index contributed by atoms with van der Waals surface area (Å²) < 4.78 is 5.82. The zero-order chi connectivity index (χ0) is 13.6. The van der Waals surface area contributed by atoms with Crippen LogP contribution >= 0.6 is 11.3 Å². The molecule has 1 aromatic rings. The SMILES string of the molecule is CN1CCOC(c2nc3c(s2)C(O)CC(C)(C)C3)C1. The van der Waals surface area contributed by atoms with Gasteiger partial charge in [0.05, 0.1) is 23.3 Å². The molecule has 0 spiro atoms. The molecule has 2 aliphatic rings. The van der Waals surface area contributed by atoms with Crippen LogP contribution in [0.3, 0.4) is 0 Å². The summed E-state index contributed by atoms with van der Waals surface area (Å²) >= 11 is 1.64. The van der Waals surface area contributed by atoms with Crippen LogP contribution < -0.4 is 0 Å². The van der Waals surface area contributed by atoms with E-state index < -0.39 is 0 Å². The second-order valence-corrected chi connectivity index (χ2v) is 7.61. The lowest BCUT2D eigenvalue weighted by Crippen LogP contribution is -2.35. The molecular formula is C14H22N2O2S. The summed E-state index contributed by atoms with van der Waals surface area (Å²) in [7, 11) is 2.11. The molecule has 2 atom stereocenters. The minimum absolute atomic E-state index is 0.0738. The fourth-order valence-electron chi connectivity index (χ4n) is 2.98. The summed E-state index contributed by atoms with van der Waals surface area (Å²) in [5.41, 5.74) is 1.22. The summed E-state index contributed by atoms with van der Waals surface area (Å²) in [5.74, 6) is 0. The zero-order valence-corrected chi connectivity index (χ0v) is 12.7. The first-order valence-corrected chi connectivity index (χ1v) is 7.74. The van der Waals surface area contributed by atoms with Crippen LogP contribution in [0.25, 0.3) is 0 Å². The molecule has 0 amide bonds. The third kappa shape index (κ3) is 2.70. The van der Waals surface area contributed by atoms with Gasteiger partial charge in [-0.2, -0.15) is 0 Å². The molecule has 0 bridgehead atoms. The Kier molecular flexibility index (Phi) is 3.41. The van der Waals surface area contributed by atoms with E-state index in [1.807, 2.05) is 0 Å². The Balaban J connectivity index is 1.86. The van der Waals surface area contributed by atoms with E-state index in [9.17, 15) is 5.11 Å². The summed E-state index contributed by atoms with van der Waals surface area (Å²) in [6, 6.07) is 0. The van der Waals surface area contributed by atoms with Gasteiger partial charge in [0, 0.05) is 13.1 Å². The van der Waals surface area contributed by atoms with Gasteiger partial charge in [0.2, 0.25) is 0 Å². The molecule has 1 N–H and O–H groups in total. The van der Waals surface area contributed by atoms with Gasteiger partial charge in [-0.1, -0.05) is 13.8 Å². The molecule has 106 valence electrons. The van der Waals surface area contributed by atoms with Crippen molar-refractivity contribution in [1.29, 1.82) is 0 Å². The molecule has 1 aliphatic carbocycles. The minimum atomic E-state index is -0.355. The standard InChI is InChI=1S/C14H22N2O2S/c1-14(2)6-9-12(10(17)7-14)19-13(15-9)11-8-16(3)4-5-18-11/h10-11,17H,4-8H2,1-3H3. The topological polar surface area (TPSA) is 45.6 Å². The molecule has 5 heteroatoms. The van der Waals surface area contributed by atoms with Crippen LogP contribution in [0.5, 0.6) is 0 Å². The Hall–Kier alpha value is -0.490. The van der Waals surface area contributed by atoms with Gasteiger partial charge in [-0.25, -0.2) is 4.98 Å². The Morgan fingerprint density at radius 3 is 3.00 bits per heavy atom. The number of morpholine rings is 1. The average molecular weight is 282 g/mol. The number of aromatic nitrogens is 1. The molecular weight excluding hydrogens is 260 g/mol. The molecule has 2 unspecified atom stereocenters. The first-order valence-electron chi connectivity index (χ1n) is 6.92. The van der Waals surface area contributed by atoms with Gasteiger partial charge in [0.1, 0.15) is 11.1 Å². The highest BCUT2D eigenvalue weighted by molar-refractivity contribution is 7.11. The molecule has 4 nitrogen and oxygen atoms in total. The number of nitrogens with zero attached hydrogens (tertiary/aromatic N) is 2. The second kappa shape index (κ2) is 4.81. The van der Waals surface area contributed by atoms with Gasteiger partial charge in [-0.3, -0.25) is 0 Å². The van der Waals surface area contributed by atoms with E-state index in [0.717, 1.165) is 48.1 Å². The monoisotopic (exact) mass is 282 g/mol. The number of aliphatic hydroxyl groups excluding tert-OH is 1. The van der Waals surface area contributed by atoms with Crippen molar-refractivity contribution in [2.75, 3.05) is 26.7 Å². The molecule has 1 aromatic heterocycles. The van der Waals surface area contributed by atoms with Crippen LogP contribution in [0.15, 0.2) is 0 Å². The van der Waals surface area contributed by atoms with Crippen molar-refractivity contribution in [3.63, 3.8) is 0 Å². The van der Waals surface area contributed by atoms with Crippen LogP contribution in [0.2, 0.25) is 0 Å². The van der Waals surface area contributed by atoms with Crippen molar-refractivity contribution in [2.24, 2.45) is 5.41 Å². The number of likely N-dealkylation sites (N-methyl/N-ethyl adjacent to an activating group) is 1. The third-order valence-corrected chi connectivity index (χ3v) is 5.27. The van der Waals surface area contributed by atoms with Crippen LogP contribution in [-0.2, 0) is 11.2 Å². The number of rotatable bonds is 1. The first kappa shape index (κ1) is 13.5. The molecule has 0 radical (unpaired) electrons. The van der Waals surface area contributed by atoms with E-state index in [0.29, 0.717) is 0 Å². The van der Waals surface area contributed by atoms with Gasteiger partial charge in [0.25, 0.3) is 0 Å². The van der Waals surface area contributed by atoms with Crippen LogP contribution in [0, 0.1) is 5.41 Å². The lowest BCUT2D eigenvalue weighted by molar-refractivity contribution is -0.0210. The number of thiazole rings is 1. The van der Waals surface area contributed by atoms with Gasteiger partial charge in [-0.15, -0.1) is 11.3 Å². The van der Waals surface area contributed by atoms with Gasteiger partial charge < -0.3 is 14.7 Å². The molecule has 2 heterocycles. The number of fused-ring (bicyclic) bond motifs is 1. The smallest absolute Gasteiger partial charge is 0.123 e. The quantitative estimate of drug-likeness (QED) is 0.857. The predicted molar refractivity (Wildman–Crippen MR) is 75.4 cm³/mol. The van der Waals surface area contributed by atoms with E-state index >= 15 is 0 Å². The first-order chi connectivity index (χ1) is 8.94. The maximum atomic E-state index is 10.3. The fraction of sp³-hybridized carbons (Fsp3) is 0.786. The Bertz CT molecular complexity index is 472. The van der Waals surface area contributed by atoms with E-state index in [1.54, 1.807) is 11.3 Å². The normalized spacial score (nSPS) is 31.2. The van der Waals surface area contributed by atoms with Gasteiger partial charge in [0.15, 0.2) is 0 Å². The number of hydrogen-bond donors (Lipinski definition) is 1.